The normalized spacial score (nSPS) is 13.4. The molecule has 0 spiro atoms. The van der Waals surface area contributed by atoms with Crippen LogP contribution in [0.5, 0.6) is 0 Å². The highest BCUT2D eigenvalue weighted by molar-refractivity contribution is 7.60. The third kappa shape index (κ3) is 5.78. The second kappa shape index (κ2) is 9.79. The topological polar surface area (TPSA) is 25.8 Å². The first-order valence-corrected chi connectivity index (χ1v) is 14.3. The molecule has 0 bridgehead atoms. The lowest BCUT2D eigenvalue weighted by Crippen LogP contribution is -2.29. The van der Waals surface area contributed by atoms with Gasteiger partial charge in [-0.1, -0.05) is 101 Å². The quantitative estimate of drug-likeness (QED) is 0.334. The maximum absolute atomic E-state index is 4.86. The van der Waals surface area contributed by atoms with Crippen LogP contribution in [0.3, 0.4) is 0 Å². The number of aromatic nitrogens is 2. The molecule has 0 aliphatic carbocycles. The van der Waals surface area contributed by atoms with E-state index in [1.165, 1.54) is 16.7 Å². The zero-order chi connectivity index (χ0) is 25.4. The maximum Gasteiger partial charge on any atom is 0.0935 e. The van der Waals surface area contributed by atoms with Crippen LogP contribution in [0, 0.1) is 0 Å². The zero-order valence-electron chi connectivity index (χ0n) is 22.5. The van der Waals surface area contributed by atoms with Crippen LogP contribution in [-0.4, -0.2) is 20.3 Å². The van der Waals surface area contributed by atoms with E-state index in [0.29, 0.717) is 0 Å². The van der Waals surface area contributed by atoms with Gasteiger partial charge in [0.15, 0.2) is 0 Å². The molecule has 0 aliphatic rings. The molecule has 0 saturated carbocycles. The predicted octanol–water partition coefficient (Wildman–Crippen LogP) is 8.52. The second-order valence-corrected chi connectivity index (χ2v) is 17.0. The molecule has 0 N–H and O–H groups in total. The summed E-state index contributed by atoms with van der Waals surface area (Å²) in [6.45, 7) is 21.3. The lowest BCUT2D eigenvalue weighted by Gasteiger charge is -2.43. The Labute approximate surface area is 211 Å². The highest BCUT2D eigenvalue weighted by Crippen LogP contribution is 2.62. The fraction of sp³-hybridized carbons (Fsp3) is 0.467. The van der Waals surface area contributed by atoms with Crippen LogP contribution in [0.2, 0.25) is 0 Å². The number of pyridine rings is 2. The van der Waals surface area contributed by atoms with Crippen molar-refractivity contribution in [2.24, 2.45) is 0 Å². The third-order valence-electron chi connectivity index (χ3n) is 6.49. The predicted molar refractivity (Wildman–Crippen MR) is 153 cm³/mol. The number of hydrogen-bond acceptors (Lipinski definition) is 2. The Hall–Kier alpha value is -1.62. The van der Waals surface area contributed by atoms with Crippen molar-refractivity contribution in [2.45, 2.75) is 89.4 Å². The number of benzene rings is 1. The molecule has 0 radical (unpaired) electrons. The Kier molecular flexibility index (Phi) is 7.77. The van der Waals surface area contributed by atoms with E-state index in [1.807, 2.05) is 24.5 Å². The van der Waals surface area contributed by atoms with Crippen LogP contribution in [0.15, 0.2) is 67.0 Å². The molecule has 1 unspecified atom stereocenters. The van der Waals surface area contributed by atoms with E-state index in [-0.39, 0.29) is 23.6 Å². The molecule has 0 aliphatic heterocycles. The number of nitrogens with zero attached hydrogens (tertiary/aromatic N) is 2. The summed E-state index contributed by atoms with van der Waals surface area (Å²) in [4.78, 5) is 9.72. The molecule has 1 aromatic carbocycles. The SMILES string of the molecule is CC(C)(C)c1ccc(CP(C(C)(C)C)C(C)(C)C)c(C(P)(c2ccccn2)c2ccccn2)c1. The van der Waals surface area contributed by atoms with Crippen molar-refractivity contribution in [2.75, 3.05) is 0 Å². The molecular formula is C30H42N2P2. The first-order valence-electron chi connectivity index (χ1n) is 12.2. The summed E-state index contributed by atoms with van der Waals surface area (Å²) in [7, 11) is 2.85. The van der Waals surface area contributed by atoms with Crippen molar-refractivity contribution < 1.29 is 0 Å². The monoisotopic (exact) mass is 492 g/mol. The molecule has 0 saturated heterocycles. The van der Waals surface area contributed by atoms with Crippen molar-refractivity contribution in [1.82, 2.24) is 9.97 Å². The summed E-state index contributed by atoms with van der Waals surface area (Å²) in [5.41, 5.74) is 6.08. The fourth-order valence-corrected chi connectivity index (χ4v) is 8.99. The Morgan fingerprint density at radius 3 is 1.59 bits per heavy atom. The van der Waals surface area contributed by atoms with Crippen molar-refractivity contribution in [3.8, 4) is 0 Å². The van der Waals surface area contributed by atoms with Crippen molar-refractivity contribution in [3.63, 3.8) is 0 Å². The van der Waals surface area contributed by atoms with Gasteiger partial charge in [-0.3, -0.25) is 9.97 Å². The minimum absolute atomic E-state index is 0.0475. The van der Waals surface area contributed by atoms with Gasteiger partial charge in [0.05, 0.1) is 16.5 Å². The van der Waals surface area contributed by atoms with E-state index in [4.69, 9.17) is 9.97 Å². The molecule has 2 aromatic heterocycles. The largest absolute Gasteiger partial charge is 0.260 e. The number of rotatable bonds is 5. The van der Waals surface area contributed by atoms with Gasteiger partial charge in [-0.2, -0.15) is 0 Å². The second-order valence-electron chi connectivity index (χ2n) is 12.3. The number of hydrogen-bond donors (Lipinski definition) is 0. The summed E-state index contributed by atoms with van der Waals surface area (Å²) >= 11 is 0. The standard InChI is InChI=1S/C30H42N2P2/c1-27(2,3)23-17-16-22(21-34(28(4,5)6)29(7,8)9)24(20-23)30(33,25-14-10-12-18-31-25)26-15-11-13-19-32-26/h10-20H,21,33H2,1-9H3. The Morgan fingerprint density at radius 1 is 0.706 bits per heavy atom. The Balaban J connectivity index is 2.34. The molecule has 4 heteroatoms. The van der Waals surface area contributed by atoms with Crippen LogP contribution in [0.4, 0.5) is 0 Å². The average molecular weight is 493 g/mol. The van der Waals surface area contributed by atoms with Gasteiger partial charge < -0.3 is 0 Å². The van der Waals surface area contributed by atoms with Crippen LogP contribution in [-0.2, 0) is 16.7 Å². The summed E-state index contributed by atoms with van der Waals surface area (Å²) in [6, 6.07) is 19.5. The average Bonchev–Trinajstić information content (AvgIpc) is 2.76. The summed E-state index contributed by atoms with van der Waals surface area (Å²) < 4.78 is 0. The van der Waals surface area contributed by atoms with Gasteiger partial charge in [0.2, 0.25) is 0 Å². The Morgan fingerprint density at radius 2 is 1.21 bits per heavy atom. The first kappa shape index (κ1) is 27.0. The van der Waals surface area contributed by atoms with Gasteiger partial charge in [0.1, 0.15) is 0 Å². The zero-order valence-corrected chi connectivity index (χ0v) is 24.5. The lowest BCUT2D eigenvalue weighted by atomic mass is 9.80. The minimum atomic E-state index is -0.532. The van der Waals surface area contributed by atoms with Gasteiger partial charge >= 0.3 is 0 Å². The summed E-state index contributed by atoms with van der Waals surface area (Å²) in [6.07, 6.45) is 4.85. The molecule has 1 atom stereocenters. The summed E-state index contributed by atoms with van der Waals surface area (Å²) in [5, 5.41) is -0.0456. The van der Waals surface area contributed by atoms with Crippen LogP contribution >= 0.6 is 17.2 Å². The molecule has 2 heterocycles. The smallest absolute Gasteiger partial charge is 0.0935 e. The minimum Gasteiger partial charge on any atom is -0.260 e. The van der Waals surface area contributed by atoms with E-state index in [0.717, 1.165) is 17.5 Å². The van der Waals surface area contributed by atoms with Crippen LogP contribution in [0.25, 0.3) is 0 Å². The van der Waals surface area contributed by atoms with Gasteiger partial charge in [-0.05, 0) is 62.8 Å². The van der Waals surface area contributed by atoms with E-state index in [1.54, 1.807) is 0 Å². The Bertz CT molecular complexity index is 1040. The highest BCUT2D eigenvalue weighted by atomic mass is 31.1. The fourth-order valence-electron chi connectivity index (χ4n) is 4.80. The van der Waals surface area contributed by atoms with E-state index < -0.39 is 5.16 Å². The molecule has 182 valence electrons. The molecule has 2 nitrogen and oxygen atoms in total. The van der Waals surface area contributed by atoms with Gasteiger partial charge in [-0.25, -0.2) is 0 Å². The molecule has 3 rings (SSSR count). The van der Waals surface area contributed by atoms with Crippen LogP contribution in [0.1, 0.15) is 90.4 Å². The van der Waals surface area contributed by atoms with Crippen LogP contribution < -0.4 is 0 Å². The molecular weight excluding hydrogens is 450 g/mol. The van der Waals surface area contributed by atoms with E-state index in [9.17, 15) is 0 Å². The molecule has 0 fully saturated rings. The molecule has 3 aromatic rings. The first-order chi connectivity index (χ1) is 15.6. The lowest BCUT2D eigenvalue weighted by molar-refractivity contribution is 0.588. The maximum atomic E-state index is 4.86. The van der Waals surface area contributed by atoms with Crippen molar-refractivity contribution in [3.05, 3.63) is 95.1 Å². The van der Waals surface area contributed by atoms with Gasteiger partial charge in [-0.15, -0.1) is 9.24 Å². The van der Waals surface area contributed by atoms with Crippen molar-refractivity contribution >= 4 is 17.2 Å². The molecule has 34 heavy (non-hydrogen) atoms. The highest BCUT2D eigenvalue weighted by Gasteiger charge is 2.40. The van der Waals surface area contributed by atoms with Gasteiger partial charge in [0.25, 0.3) is 0 Å². The van der Waals surface area contributed by atoms with Gasteiger partial charge in [0, 0.05) is 12.4 Å². The summed E-state index contributed by atoms with van der Waals surface area (Å²) in [5.74, 6) is 0. The third-order valence-corrected chi connectivity index (χ3v) is 11.3. The van der Waals surface area contributed by atoms with Crippen molar-refractivity contribution in [1.29, 1.82) is 0 Å². The van der Waals surface area contributed by atoms with E-state index >= 15 is 0 Å². The van der Waals surface area contributed by atoms with E-state index in [2.05, 4.69) is 114 Å². The molecule has 0 amide bonds.